The third kappa shape index (κ3) is 4.50. The second-order valence-corrected chi connectivity index (χ2v) is 4.90. The van der Waals surface area contributed by atoms with Gasteiger partial charge >= 0.3 is 0 Å². The first-order chi connectivity index (χ1) is 8.19. The van der Waals surface area contributed by atoms with E-state index in [1.807, 2.05) is 6.92 Å². The van der Waals surface area contributed by atoms with E-state index in [0.29, 0.717) is 6.04 Å². The zero-order valence-corrected chi connectivity index (χ0v) is 12.3. The first-order valence-corrected chi connectivity index (χ1v) is 6.99. The molecule has 1 heterocycles. The highest BCUT2D eigenvalue weighted by Crippen LogP contribution is 2.27. The Labute approximate surface area is 112 Å². The summed E-state index contributed by atoms with van der Waals surface area (Å²) in [6, 6.07) is 0.427. The molecule has 1 rings (SSSR count). The normalized spacial score (nSPS) is 12.2. The van der Waals surface area contributed by atoms with Crippen LogP contribution in [-0.2, 0) is 0 Å². The lowest BCUT2D eigenvalue weighted by Crippen LogP contribution is -2.17. The molecule has 96 valence electrons. The standard InChI is InChI=1S/C12H21BrN4/c1-4-6-7-9(3)17-12-10(13)11(14-5-2)15-8-16-12/h8-9H,4-7H2,1-3H3,(H2,14,15,16,17). The van der Waals surface area contributed by atoms with E-state index in [0.717, 1.165) is 29.1 Å². The van der Waals surface area contributed by atoms with E-state index < -0.39 is 0 Å². The lowest BCUT2D eigenvalue weighted by atomic mass is 10.1. The van der Waals surface area contributed by atoms with Gasteiger partial charge in [-0.05, 0) is 36.2 Å². The summed E-state index contributed by atoms with van der Waals surface area (Å²) in [5.74, 6) is 1.70. The van der Waals surface area contributed by atoms with Crippen LogP contribution >= 0.6 is 15.9 Å². The second kappa shape index (κ2) is 7.48. The Kier molecular flexibility index (Phi) is 6.26. The maximum Gasteiger partial charge on any atom is 0.146 e. The Morgan fingerprint density at radius 3 is 2.65 bits per heavy atom. The van der Waals surface area contributed by atoms with Crippen molar-refractivity contribution < 1.29 is 0 Å². The molecule has 0 saturated heterocycles. The minimum absolute atomic E-state index is 0.427. The largest absolute Gasteiger partial charge is 0.369 e. The maximum atomic E-state index is 4.26. The van der Waals surface area contributed by atoms with Crippen LogP contribution in [0.3, 0.4) is 0 Å². The van der Waals surface area contributed by atoms with Crippen LogP contribution in [0.1, 0.15) is 40.0 Å². The predicted octanol–water partition coefficient (Wildman–Crippen LogP) is 3.66. The van der Waals surface area contributed by atoms with Gasteiger partial charge in [0.25, 0.3) is 0 Å². The van der Waals surface area contributed by atoms with Gasteiger partial charge in [-0.2, -0.15) is 0 Å². The van der Waals surface area contributed by atoms with Crippen molar-refractivity contribution in [3.63, 3.8) is 0 Å². The van der Waals surface area contributed by atoms with Crippen LogP contribution in [0, 0.1) is 0 Å². The zero-order valence-electron chi connectivity index (χ0n) is 10.8. The lowest BCUT2D eigenvalue weighted by Gasteiger charge is -2.16. The Bertz CT molecular complexity index is 343. The Balaban J connectivity index is 2.67. The molecular weight excluding hydrogens is 280 g/mol. The Morgan fingerprint density at radius 1 is 1.29 bits per heavy atom. The highest BCUT2D eigenvalue weighted by atomic mass is 79.9. The molecule has 1 atom stereocenters. The number of anilines is 2. The summed E-state index contributed by atoms with van der Waals surface area (Å²) >= 11 is 3.53. The minimum Gasteiger partial charge on any atom is -0.369 e. The Hall–Kier alpha value is -0.840. The summed E-state index contributed by atoms with van der Waals surface area (Å²) in [5.41, 5.74) is 0. The average Bonchev–Trinajstić information content (AvgIpc) is 2.32. The molecule has 0 radical (unpaired) electrons. The van der Waals surface area contributed by atoms with Crippen molar-refractivity contribution >= 4 is 27.6 Å². The maximum absolute atomic E-state index is 4.26. The minimum atomic E-state index is 0.427. The molecule has 0 aliphatic heterocycles. The number of unbranched alkanes of at least 4 members (excludes halogenated alkanes) is 1. The summed E-state index contributed by atoms with van der Waals surface area (Å²) in [4.78, 5) is 8.45. The number of hydrogen-bond donors (Lipinski definition) is 2. The Morgan fingerprint density at radius 2 is 2.00 bits per heavy atom. The topological polar surface area (TPSA) is 49.8 Å². The van der Waals surface area contributed by atoms with Crippen molar-refractivity contribution in [2.45, 2.75) is 46.1 Å². The molecule has 0 aliphatic rings. The number of hydrogen-bond acceptors (Lipinski definition) is 4. The molecular formula is C12H21BrN4. The quantitative estimate of drug-likeness (QED) is 0.807. The molecule has 4 nitrogen and oxygen atoms in total. The second-order valence-electron chi connectivity index (χ2n) is 4.10. The number of nitrogens with one attached hydrogen (secondary N) is 2. The van der Waals surface area contributed by atoms with Gasteiger partial charge in [0.1, 0.15) is 22.4 Å². The van der Waals surface area contributed by atoms with Crippen LogP contribution in [0.4, 0.5) is 11.6 Å². The van der Waals surface area contributed by atoms with Crippen molar-refractivity contribution in [2.24, 2.45) is 0 Å². The lowest BCUT2D eigenvalue weighted by molar-refractivity contribution is 0.642. The molecule has 1 unspecified atom stereocenters. The van der Waals surface area contributed by atoms with E-state index in [-0.39, 0.29) is 0 Å². The van der Waals surface area contributed by atoms with E-state index in [1.165, 1.54) is 12.8 Å². The van der Waals surface area contributed by atoms with E-state index in [2.05, 4.69) is 50.4 Å². The number of halogens is 1. The first kappa shape index (κ1) is 14.2. The molecule has 0 aromatic carbocycles. The molecule has 1 aromatic heterocycles. The van der Waals surface area contributed by atoms with E-state index in [9.17, 15) is 0 Å². The van der Waals surface area contributed by atoms with Crippen molar-refractivity contribution in [3.05, 3.63) is 10.8 Å². The third-order valence-corrected chi connectivity index (χ3v) is 3.26. The smallest absolute Gasteiger partial charge is 0.146 e. The van der Waals surface area contributed by atoms with Gasteiger partial charge in [0.05, 0.1) is 0 Å². The predicted molar refractivity (Wildman–Crippen MR) is 76.5 cm³/mol. The summed E-state index contributed by atoms with van der Waals surface area (Å²) in [6.45, 7) is 7.28. The van der Waals surface area contributed by atoms with E-state index in [4.69, 9.17) is 0 Å². The van der Waals surface area contributed by atoms with Gasteiger partial charge in [0, 0.05) is 12.6 Å². The molecule has 5 heteroatoms. The fraction of sp³-hybridized carbons (Fsp3) is 0.667. The zero-order chi connectivity index (χ0) is 12.7. The molecule has 0 bridgehead atoms. The van der Waals surface area contributed by atoms with Crippen LogP contribution in [0.25, 0.3) is 0 Å². The van der Waals surface area contributed by atoms with Gasteiger partial charge in [-0.1, -0.05) is 19.8 Å². The summed E-state index contributed by atoms with van der Waals surface area (Å²) < 4.78 is 0.908. The van der Waals surface area contributed by atoms with Gasteiger partial charge < -0.3 is 10.6 Å². The third-order valence-electron chi connectivity index (χ3n) is 2.51. The van der Waals surface area contributed by atoms with E-state index in [1.54, 1.807) is 6.33 Å². The SMILES string of the molecule is CCCCC(C)Nc1ncnc(NCC)c1Br. The van der Waals surface area contributed by atoms with E-state index >= 15 is 0 Å². The molecule has 0 amide bonds. The van der Waals surface area contributed by atoms with Crippen molar-refractivity contribution in [1.82, 2.24) is 9.97 Å². The fourth-order valence-electron chi connectivity index (χ4n) is 1.58. The fourth-order valence-corrected chi connectivity index (χ4v) is 2.04. The molecule has 0 spiro atoms. The van der Waals surface area contributed by atoms with Crippen molar-refractivity contribution in [2.75, 3.05) is 17.2 Å². The molecule has 1 aromatic rings. The van der Waals surface area contributed by atoms with Crippen LogP contribution in [0.15, 0.2) is 10.8 Å². The van der Waals surface area contributed by atoms with Crippen LogP contribution in [-0.4, -0.2) is 22.6 Å². The summed E-state index contributed by atoms with van der Waals surface area (Å²) in [5, 5.41) is 6.60. The van der Waals surface area contributed by atoms with Crippen molar-refractivity contribution in [1.29, 1.82) is 0 Å². The highest BCUT2D eigenvalue weighted by molar-refractivity contribution is 9.10. The summed E-state index contributed by atoms with van der Waals surface area (Å²) in [7, 11) is 0. The monoisotopic (exact) mass is 300 g/mol. The average molecular weight is 301 g/mol. The molecule has 0 fully saturated rings. The molecule has 2 N–H and O–H groups in total. The number of nitrogens with zero attached hydrogens (tertiary/aromatic N) is 2. The van der Waals surface area contributed by atoms with Gasteiger partial charge in [-0.3, -0.25) is 0 Å². The van der Waals surface area contributed by atoms with Gasteiger partial charge in [0.15, 0.2) is 0 Å². The van der Waals surface area contributed by atoms with Gasteiger partial charge in [-0.15, -0.1) is 0 Å². The van der Waals surface area contributed by atoms with Crippen molar-refractivity contribution in [3.8, 4) is 0 Å². The number of aromatic nitrogens is 2. The van der Waals surface area contributed by atoms with Crippen LogP contribution < -0.4 is 10.6 Å². The molecule has 0 saturated carbocycles. The first-order valence-electron chi connectivity index (χ1n) is 6.19. The van der Waals surface area contributed by atoms with Crippen LogP contribution in [0.5, 0.6) is 0 Å². The molecule has 17 heavy (non-hydrogen) atoms. The van der Waals surface area contributed by atoms with Gasteiger partial charge in [0.2, 0.25) is 0 Å². The van der Waals surface area contributed by atoms with Crippen LogP contribution in [0.2, 0.25) is 0 Å². The molecule has 0 aliphatic carbocycles. The highest BCUT2D eigenvalue weighted by Gasteiger charge is 2.10. The summed E-state index contributed by atoms with van der Waals surface area (Å²) in [6.07, 6.45) is 5.19. The van der Waals surface area contributed by atoms with Gasteiger partial charge in [-0.25, -0.2) is 9.97 Å². The number of rotatable bonds is 7.